The van der Waals surface area contributed by atoms with Crippen LogP contribution in [0.1, 0.15) is 25.5 Å². The molecule has 0 saturated carbocycles. The van der Waals surface area contributed by atoms with E-state index in [1.807, 2.05) is 54.8 Å². The second kappa shape index (κ2) is 7.52. The summed E-state index contributed by atoms with van der Waals surface area (Å²) in [5.74, 6) is 0.0609. The Balaban J connectivity index is 1.61. The van der Waals surface area contributed by atoms with Gasteiger partial charge in [0.15, 0.2) is 17.0 Å². The Kier molecular flexibility index (Phi) is 4.92. The molecule has 0 bridgehead atoms. The van der Waals surface area contributed by atoms with Crippen molar-refractivity contribution in [2.24, 2.45) is 0 Å². The molecule has 0 N–H and O–H groups in total. The second-order valence-corrected chi connectivity index (χ2v) is 7.03. The number of pyridine rings is 1. The Morgan fingerprint density at radius 2 is 1.89 bits per heavy atom. The Hall–Kier alpha value is -3.06. The van der Waals surface area contributed by atoms with Gasteiger partial charge >= 0.3 is 0 Å². The molecule has 28 heavy (non-hydrogen) atoms. The number of halogens is 2. The zero-order chi connectivity index (χ0) is 19.7. The molecule has 4 aromatic rings. The average molecular weight is 397 g/mol. The number of imidazole rings is 1. The molecular formula is C20H18ClFN6. The largest absolute Gasteiger partial charge is 0.313 e. The molecule has 6 nitrogen and oxygen atoms in total. The van der Waals surface area contributed by atoms with Gasteiger partial charge in [0.25, 0.3) is 0 Å². The molecule has 142 valence electrons. The number of benzene rings is 1. The molecule has 4 rings (SSSR count). The molecule has 8 heteroatoms. The first-order valence-electron chi connectivity index (χ1n) is 8.85. The lowest BCUT2D eigenvalue weighted by molar-refractivity contribution is 0.425. The molecule has 0 amide bonds. The Bertz CT molecular complexity index is 1100. The lowest BCUT2D eigenvalue weighted by Crippen LogP contribution is -2.14. The fourth-order valence-corrected chi connectivity index (χ4v) is 3.15. The van der Waals surface area contributed by atoms with Gasteiger partial charge in [-0.25, -0.2) is 4.98 Å². The van der Waals surface area contributed by atoms with Crippen LogP contribution in [0.2, 0.25) is 5.28 Å². The van der Waals surface area contributed by atoms with Crippen LogP contribution in [0.4, 0.5) is 10.3 Å². The normalized spacial score (nSPS) is 11.3. The molecule has 3 heterocycles. The van der Waals surface area contributed by atoms with Crippen molar-refractivity contribution in [2.75, 3.05) is 5.12 Å². The third kappa shape index (κ3) is 3.53. The van der Waals surface area contributed by atoms with E-state index in [0.29, 0.717) is 16.3 Å². The van der Waals surface area contributed by atoms with Gasteiger partial charge in [0.2, 0.25) is 5.28 Å². The third-order valence-electron chi connectivity index (χ3n) is 4.43. The van der Waals surface area contributed by atoms with Crippen molar-refractivity contribution in [2.45, 2.75) is 26.4 Å². The molecule has 0 aliphatic carbocycles. The van der Waals surface area contributed by atoms with Crippen LogP contribution in [-0.4, -0.2) is 24.5 Å². The van der Waals surface area contributed by atoms with Crippen molar-refractivity contribution in [1.82, 2.24) is 24.5 Å². The number of anilines is 1. The van der Waals surface area contributed by atoms with Gasteiger partial charge in [-0.1, -0.05) is 34.8 Å². The average Bonchev–Trinajstić information content (AvgIpc) is 3.12. The molecule has 0 aliphatic heterocycles. The SMILES string of the molecule is CC(C)n1cnc2c(N(F)Cc3ccc(-c4cccnc4)cc3)nc(Cl)nc21. The van der Waals surface area contributed by atoms with E-state index in [2.05, 4.69) is 19.9 Å². The van der Waals surface area contributed by atoms with E-state index < -0.39 is 0 Å². The smallest absolute Gasteiger partial charge is 0.226 e. The first-order valence-corrected chi connectivity index (χ1v) is 9.23. The molecule has 3 aromatic heterocycles. The van der Waals surface area contributed by atoms with Crippen LogP contribution in [0.15, 0.2) is 55.1 Å². The predicted molar refractivity (Wildman–Crippen MR) is 108 cm³/mol. The van der Waals surface area contributed by atoms with Gasteiger partial charge in [0.1, 0.15) is 0 Å². The molecule has 0 unspecified atom stereocenters. The minimum atomic E-state index is -0.0144. The molecule has 0 atom stereocenters. The quantitative estimate of drug-likeness (QED) is 0.350. The highest BCUT2D eigenvalue weighted by Gasteiger charge is 2.19. The summed E-state index contributed by atoms with van der Waals surface area (Å²) >= 11 is 6.03. The zero-order valence-electron chi connectivity index (χ0n) is 15.4. The van der Waals surface area contributed by atoms with E-state index in [9.17, 15) is 4.48 Å². The monoisotopic (exact) mass is 396 g/mol. The lowest BCUT2D eigenvalue weighted by atomic mass is 10.1. The maximum Gasteiger partial charge on any atom is 0.226 e. The van der Waals surface area contributed by atoms with Gasteiger partial charge < -0.3 is 4.57 Å². The summed E-state index contributed by atoms with van der Waals surface area (Å²) in [6, 6.07) is 11.6. The van der Waals surface area contributed by atoms with Crippen LogP contribution in [0.5, 0.6) is 0 Å². The summed E-state index contributed by atoms with van der Waals surface area (Å²) in [4.78, 5) is 16.7. The minimum absolute atomic E-state index is 0.0144. The summed E-state index contributed by atoms with van der Waals surface area (Å²) < 4.78 is 16.8. The van der Waals surface area contributed by atoms with Gasteiger partial charge in [0.05, 0.1) is 12.9 Å². The van der Waals surface area contributed by atoms with Crippen LogP contribution in [-0.2, 0) is 6.54 Å². The summed E-state index contributed by atoms with van der Waals surface area (Å²) in [5.41, 5.74) is 3.72. The van der Waals surface area contributed by atoms with Gasteiger partial charge in [0, 0.05) is 18.4 Å². The fraction of sp³-hybridized carbons (Fsp3) is 0.200. The first kappa shape index (κ1) is 18.3. The standard InChI is InChI=1S/C20H18ClFN6/c1-13(2)27-12-24-17-18(27)25-20(21)26-19(17)28(22)11-14-5-7-15(8-6-14)16-4-3-9-23-10-16/h3-10,12-13H,11H2,1-2H3. The zero-order valence-corrected chi connectivity index (χ0v) is 16.2. The van der Waals surface area contributed by atoms with Crippen LogP contribution < -0.4 is 5.12 Å². The minimum Gasteiger partial charge on any atom is -0.313 e. The van der Waals surface area contributed by atoms with E-state index in [-0.39, 0.29) is 23.7 Å². The number of nitrogens with zero attached hydrogens (tertiary/aromatic N) is 6. The molecule has 0 spiro atoms. The maximum atomic E-state index is 15.0. The van der Waals surface area contributed by atoms with Crippen molar-refractivity contribution in [3.63, 3.8) is 0 Å². The summed E-state index contributed by atoms with van der Waals surface area (Å²) in [6.45, 7) is 4.01. The summed E-state index contributed by atoms with van der Waals surface area (Å²) in [5, 5.41) is 0.534. The molecule has 1 aromatic carbocycles. The van der Waals surface area contributed by atoms with Crippen molar-refractivity contribution in [1.29, 1.82) is 0 Å². The van der Waals surface area contributed by atoms with E-state index in [0.717, 1.165) is 16.7 Å². The van der Waals surface area contributed by atoms with E-state index in [1.54, 1.807) is 18.7 Å². The van der Waals surface area contributed by atoms with Crippen molar-refractivity contribution in [3.05, 3.63) is 66.0 Å². The van der Waals surface area contributed by atoms with Crippen molar-refractivity contribution in [3.8, 4) is 11.1 Å². The predicted octanol–water partition coefficient (Wildman–Crippen LogP) is 5.01. The van der Waals surface area contributed by atoms with Crippen LogP contribution in [0.3, 0.4) is 0 Å². The van der Waals surface area contributed by atoms with E-state index >= 15 is 0 Å². The second-order valence-electron chi connectivity index (χ2n) is 6.69. The Labute approximate surface area is 166 Å². The molecule has 0 aliphatic rings. The summed E-state index contributed by atoms with van der Waals surface area (Å²) in [7, 11) is 0. The third-order valence-corrected chi connectivity index (χ3v) is 4.60. The fourth-order valence-electron chi connectivity index (χ4n) is 2.99. The number of fused-ring (bicyclic) bond motifs is 1. The number of rotatable bonds is 5. The highest BCUT2D eigenvalue weighted by Crippen LogP contribution is 2.28. The highest BCUT2D eigenvalue weighted by atomic mass is 35.5. The van der Waals surface area contributed by atoms with Crippen molar-refractivity contribution >= 4 is 28.6 Å². The van der Waals surface area contributed by atoms with E-state index in [4.69, 9.17) is 11.6 Å². The van der Waals surface area contributed by atoms with Crippen LogP contribution in [0, 0.1) is 0 Å². The van der Waals surface area contributed by atoms with E-state index in [1.165, 1.54) is 0 Å². The van der Waals surface area contributed by atoms with Gasteiger partial charge in [-0.05, 0) is 48.2 Å². The van der Waals surface area contributed by atoms with Gasteiger partial charge in [-0.3, -0.25) is 4.98 Å². The first-order chi connectivity index (χ1) is 13.5. The van der Waals surface area contributed by atoms with Gasteiger partial charge in [-0.2, -0.15) is 15.1 Å². The van der Waals surface area contributed by atoms with Crippen LogP contribution >= 0.6 is 11.6 Å². The Morgan fingerprint density at radius 1 is 1.11 bits per heavy atom. The van der Waals surface area contributed by atoms with Gasteiger partial charge in [-0.15, -0.1) is 0 Å². The molecule has 0 saturated heterocycles. The molecular weight excluding hydrogens is 379 g/mol. The molecule has 0 radical (unpaired) electrons. The number of aromatic nitrogens is 5. The Morgan fingerprint density at radius 3 is 2.57 bits per heavy atom. The number of hydrogen-bond donors (Lipinski definition) is 0. The maximum absolute atomic E-state index is 15.0. The molecule has 0 fully saturated rings. The van der Waals surface area contributed by atoms with Crippen molar-refractivity contribution < 1.29 is 4.48 Å². The lowest BCUT2D eigenvalue weighted by Gasteiger charge is -2.14. The van der Waals surface area contributed by atoms with Crippen LogP contribution in [0.25, 0.3) is 22.3 Å². The summed E-state index contributed by atoms with van der Waals surface area (Å²) in [6.07, 6.45) is 5.15. The topological polar surface area (TPSA) is 59.7 Å². The number of hydrogen-bond acceptors (Lipinski definition) is 5. The highest BCUT2D eigenvalue weighted by molar-refractivity contribution is 6.28.